The Kier molecular flexibility index (Phi) is 6.51. The quantitative estimate of drug-likeness (QED) is 0.348. The van der Waals surface area contributed by atoms with Crippen LogP contribution in [0, 0.1) is 0 Å². The first-order valence-electron chi connectivity index (χ1n) is 7.72. The zero-order chi connectivity index (χ0) is 17.6. The number of hydrogen-bond acceptors (Lipinski definition) is 5. The molecule has 1 fully saturated rings. The van der Waals surface area contributed by atoms with Crippen molar-refractivity contribution in [3.63, 3.8) is 0 Å². The maximum absolute atomic E-state index is 12.1. The maximum Gasteiger partial charge on any atom is 0.336 e. The van der Waals surface area contributed by atoms with E-state index in [0.717, 1.165) is 21.5 Å². The van der Waals surface area contributed by atoms with E-state index in [2.05, 4.69) is 15.9 Å². The predicted molar refractivity (Wildman–Crippen MR) is 109 cm³/mol. The summed E-state index contributed by atoms with van der Waals surface area (Å²) in [5.74, 6) is 2.90. The standard InChI is InChI=1S/C19H17BrO3S2/c1-22-17-12-14(19-24-9-10-25-19)6-7-16(17)23-18(21)8-5-13-3-2-4-15(20)11-13/h2-8,11-12,19H,9-10H2,1H3/b8-5+. The van der Waals surface area contributed by atoms with Gasteiger partial charge in [0, 0.05) is 22.1 Å². The lowest BCUT2D eigenvalue weighted by molar-refractivity contribution is -0.129. The fraction of sp³-hybridized carbons (Fsp3) is 0.211. The van der Waals surface area contributed by atoms with Gasteiger partial charge in [0.2, 0.25) is 0 Å². The van der Waals surface area contributed by atoms with Crippen molar-refractivity contribution in [3.8, 4) is 11.5 Å². The van der Waals surface area contributed by atoms with Crippen molar-refractivity contribution in [1.82, 2.24) is 0 Å². The summed E-state index contributed by atoms with van der Waals surface area (Å²) in [6, 6.07) is 13.4. The van der Waals surface area contributed by atoms with Crippen LogP contribution in [-0.2, 0) is 4.79 Å². The first kappa shape index (κ1) is 18.4. The molecule has 25 heavy (non-hydrogen) atoms. The number of esters is 1. The van der Waals surface area contributed by atoms with Crippen molar-refractivity contribution in [3.05, 3.63) is 64.1 Å². The van der Waals surface area contributed by atoms with Gasteiger partial charge in [0.05, 0.1) is 11.7 Å². The first-order valence-corrected chi connectivity index (χ1v) is 10.6. The summed E-state index contributed by atoms with van der Waals surface area (Å²) in [4.78, 5) is 12.1. The van der Waals surface area contributed by atoms with E-state index in [1.807, 2.05) is 59.9 Å². The molecule has 1 aliphatic rings. The number of thioether (sulfide) groups is 2. The SMILES string of the molecule is COc1cc(C2SCCS2)ccc1OC(=O)/C=C/c1cccc(Br)c1. The Hall–Kier alpha value is -1.37. The van der Waals surface area contributed by atoms with Gasteiger partial charge in [0.25, 0.3) is 0 Å². The van der Waals surface area contributed by atoms with Crippen LogP contribution in [0.2, 0.25) is 0 Å². The van der Waals surface area contributed by atoms with Crippen molar-refractivity contribution in [1.29, 1.82) is 0 Å². The molecule has 6 heteroatoms. The van der Waals surface area contributed by atoms with Crippen LogP contribution in [0.3, 0.4) is 0 Å². The molecule has 2 aromatic carbocycles. The molecule has 3 rings (SSSR count). The van der Waals surface area contributed by atoms with Gasteiger partial charge in [-0.15, -0.1) is 23.5 Å². The zero-order valence-electron chi connectivity index (χ0n) is 13.6. The molecule has 0 N–H and O–H groups in total. The topological polar surface area (TPSA) is 35.5 Å². The van der Waals surface area contributed by atoms with Gasteiger partial charge in [-0.3, -0.25) is 0 Å². The largest absolute Gasteiger partial charge is 0.493 e. The number of carbonyl (C=O) groups excluding carboxylic acids is 1. The minimum Gasteiger partial charge on any atom is -0.493 e. The number of benzene rings is 2. The minimum atomic E-state index is -0.435. The zero-order valence-corrected chi connectivity index (χ0v) is 16.8. The lowest BCUT2D eigenvalue weighted by atomic mass is 10.2. The Bertz CT molecular complexity index is 786. The highest BCUT2D eigenvalue weighted by Gasteiger charge is 2.20. The van der Waals surface area contributed by atoms with Crippen LogP contribution in [0.1, 0.15) is 15.7 Å². The molecule has 130 valence electrons. The van der Waals surface area contributed by atoms with Gasteiger partial charge in [-0.05, 0) is 41.5 Å². The molecule has 0 atom stereocenters. The van der Waals surface area contributed by atoms with Gasteiger partial charge in [0.1, 0.15) is 0 Å². The van der Waals surface area contributed by atoms with E-state index in [9.17, 15) is 4.79 Å². The predicted octanol–water partition coefficient (Wildman–Crippen LogP) is 5.56. The Morgan fingerprint density at radius 3 is 2.68 bits per heavy atom. The minimum absolute atomic E-state index is 0.426. The average molecular weight is 437 g/mol. The van der Waals surface area contributed by atoms with Crippen molar-refractivity contribution < 1.29 is 14.3 Å². The second kappa shape index (κ2) is 8.83. The highest BCUT2D eigenvalue weighted by molar-refractivity contribution is 9.10. The summed E-state index contributed by atoms with van der Waals surface area (Å²) >= 11 is 7.26. The number of carbonyl (C=O) groups is 1. The lowest BCUT2D eigenvalue weighted by Crippen LogP contribution is -2.05. The molecule has 1 saturated heterocycles. The van der Waals surface area contributed by atoms with Crippen molar-refractivity contribution in [2.24, 2.45) is 0 Å². The molecule has 0 bridgehead atoms. The number of ether oxygens (including phenoxy) is 2. The normalized spacial score (nSPS) is 14.8. The molecule has 0 radical (unpaired) electrons. The van der Waals surface area contributed by atoms with Gasteiger partial charge in [-0.2, -0.15) is 0 Å². The highest BCUT2D eigenvalue weighted by atomic mass is 79.9. The van der Waals surface area contributed by atoms with Gasteiger partial charge in [-0.1, -0.05) is 34.1 Å². The molecule has 1 heterocycles. The molecule has 0 spiro atoms. The first-order chi connectivity index (χ1) is 12.2. The van der Waals surface area contributed by atoms with Crippen LogP contribution < -0.4 is 9.47 Å². The maximum atomic E-state index is 12.1. The summed E-state index contributed by atoms with van der Waals surface area (Å²) in [5.41, 5.74) is 2.11. The molecule has 0 aliphatic carbocycles. The van der Waals surface area contributed by atoms with E-state index in [1.165, 1.54) is 11.6 Å². The van der Waals surface area contributed by atoms with Crippen molar-refractivity contribution >= 4 is 51.5 Å². The van der Waals surface area contributed by atoms with E-state index in [-0.39, 0.29) is 0 Å². The molecular formula is C19H17BrO3S2. The third-order valence-corrected chi connectivity index (χ3v) is 7.15. The summed E-state index contributed by atoms with van der Waals surface area (Å²) < 4.78 is 12.2. The molecule has 0 saturated carbocycles. The van der Waals surface area contributed by atoms with E-state index >= 15 is 0 Å². The van der Waals surface area contributed by atoms with Crippen LogP contribution in [0.4, 0.5) is 0 Å². The monoisotopic (exact) mass is 436 g/mol. The number of halogens is 1. The van der Waals surface area contributed by atoms with Gasteiger partial charge >= 0.3 is 5.97 Å². The third kappa shape index (κ3) is 5.06. The Labute approximate surface area is 164 Å². The molecule has 1 aliphatic heterocycles. The second-order valence-electron chi connectivity index (χ2n) is 5.29. The van der Waals surface area contributed by atoms with Gasteiger partial charge < -0.3 is 9.47 Å². The average Bonchev–Trinajstić information content (AvgIpc) is 3.15. The van der Waals surface area contributed by atoms with Crippen LogP contribution in [0.15, 0.2) is 53.0 Å². The molecule has 3 nitrogen and oxygen atoms in total. The smallest absolute Gasteiger partial charge is 0.336 e. The summed E-state index contributed by atoms with van der Waals surface area (Å²) in [6.07, 6.45) is 3.14. The van der Waals surface area contributed by atoms with Gasteiger partial charge in [0.15, 0.2) is 11.5 Å². The number of hydrogen-bond donors (Lipinski definition) is 0. The number of methoxy groups -OCH3 is 1. The molecule has 0 aromatic heterocycles. The van der Waals surface area contributed by atoms with E-state index in [4.69, 9.17) is 9.47 Å². The van der Waals surface area contributed by atoms with Crippen molar-refractivity contribution in [2.75, 3.05) is 18.6 Å². The van der Waals surface area contributed by atoms with Crippen LogP contribution >= 0.6 is 39.5 Å². The summed E-state index contributed by atoms with van der Waals surface area (Å²) in [6.45, 7) is 0. The second-order valence-corrected chi connectivity index (χ2v) is 8.93. The summed E-state index contributed by atoms with van der Waals surface area (Å²) in [7, 11) is 1.59. The van der Waals surface area contributed by atoms with E-state index in [0.29, 0.717) is 16.1 Å². The van der Waals surface area contributed by atoms with E-state index in [1.54, 1.807) is 19.3 Å². The molecular weight excluding hydrogens is 420 g/mol. The fourth-order valence-electron chi connectivity index (χ4n) is 2.38. The highest BCUT2D eigenvalue weighted by Crippen LogP contribution is 2.46. The summed E-state index contributed by atoms with van der Waals surface area (Å²) in [5, 5.41) is 0. The van der Waals surface area contributed by atoms with Crippen LogP contribution in [-0.4, -0.2) is 24.6 Å². The van der Waals surface area contributed by atoms with Gasteiger partial charge in [-0.25, -0.2) is 4.79 Å². The van der Waals surface area contributed by atoms with Crippen LogP contribution in [0.5, 0.6) is 11.5 Å². The van der Waals surface area contributed by atoms with Crippen molar-refractivity contribution in [2.45, 2.75) is 4.58 Å². The Morgan fingerprint density at radius 1 is 1.16 bits per heavy atom. The third-order valence-electron chi connectivity index (χ3n) is 3.55. The lowest BCUT2D eigenvalue weighted by Gasteiger charge is -2.13. The molecule has 0 amide bonds. The van der Waals surface area contributed by atoms with E-state index < -0.39 is 5.97 Å². The fourth-order valence-corrected chi connectivity index (χ4v) is 5.64. The molecule has 2 aromatic rings. The van der Waals surface area contributed by atoms with Crippen LogP contribution in [0.25, 0.3) is 6.08 Å². The Morgan fingerprint density at radius 2 is 1.96 bits per heavy atom. The Balaban J connectivity index is 1.69. The number of rotatable bonds is 5. The molecule has 0 unspecified atom stereocenters.